The molecule has 5 amide bonds. The largest absolute Gasteiger partial charge is 0.480 e. The average Bonchev–Trinajstić information content (AvgIpc) is 3.13. The predicted octanol–water partition coefficient (Wildman–Crippen LogP) is -2.18. The second-order valence-corrected chi connectivity index (χ2v) is 7.92. The SMILES string of the molecule is O=C(O)CN(CC(=O)CCCN1C(=O)CC(S)C1=O)CC(=O)NCCN1C(=O)C=CC1=O. The zero-order valence-corrected chi connectivity index (χ0v) is 18.1. The van der Waals surface area contributed by atoms with Crippen molar-refractivity contribution in [1.29, 1.82) is 0 Å². The van der Waals surface area contributed by atoms with Crippen LogP contribution in [-0.4, -0.2) is 106 Å². The molecule has 12 nitrogen and oxygen atoms in total. The van der Waals surface area contributed by atoms with E-state index in [4.69, 9.17) is 5.11 Å². The van der Waals surface area contributed by atoms with Gasteiger partial charge in [0.15, 0.2) is 0 Å². The van der Waals surface area contributed by atoms with Crippen molar-refractivity contribution in [2.75, 3.05) is 39.3 Å². The predicted molar refractivity (Wildman–Crippen MR) is 111 cm³/mol. The number of aliphatic carboxylic acids is 1. The number of hydrogen-bond donors (Lipinski definition) is 3. The van der Waals surface area contributed by atoms with E-state index in [1.54, 1.807) is 0 Å². The first-order valence-electron chi connectivity index (χ1n) is 9.87. The molecular weight excluding hydrogens is 444 g/mol. The van der Waals surface area contributed by atoms with Crippen LogP contribution in [0, 0.1) is 0 Å². The van der Waals surface area contributed by atoms with Crippen molar-refractivity contribution in [1.82, 2.24) is 20.0 Å². The molecule has 1 unspecified atom stereocenters. The number of likely N-dealkylation sites (tertiary alicyclic amines) is 1. The summed E-state index contributed by atoms with van der Waals surface area (Å²) in [6.07, 6.45) is 2.48. The van der Waals surface area contributed by atoms with E-state index in [0.29, 0.717) is 0 Å². The summed E-state index contributed by atoms with van der Waals surface area (Å²) in [4.78, 5) is 84.9. The van der Waals surface area contributed by atoms with E-state index in [2.05, 4.69) is 17.9 Å². The maximum atomic E-state index is 12.2. The minimum Gasteiger partial charge on any atom is -0.480 e. The van der Waals surface area contributed by atoms with Crippen molar-refractivity contribution >= 4 is 53.9 Å². The molecule has 2 aliphatic heterocycles. The molecule has 0 saturated carbocycles. The first kappa shape index (κ1) is 25.2. The van der Waals surface area contributed by atoms with Crippen LogP contribution >= 0.6 is 12.6 Å². The van der Waals surface area contributed by atoms with E-state index in [9.17, 15) is 33.6 Å². The van der Waals surface area contributed by atoms with Crippen LogP contribution < -0.4 is 5.32 Å². The number of Topliss-reactive ketones (excluding diaryl/α,β-unsaturated/α-hetero) is 1. The Labute approximate surface area is 189 Å². The zero-order valence-electron chi connectivity index (χ0n) is 17.2. The molecule has 13 heteroatoms. The molecule has 2 rings (SSSR count). The lowest BCUT2D eigenvalue weighted by Gasteiger charge is -2.20. The zero-order chi connectivity index (χ0) is 23.8. The molecular formula is C19H24N4O8S. The van der Waals surface area contributed by atoms with Crippen molar-refractivity contribution in [3.05, 3.63) is 12.2 Å². The summed E-state index contributed by atoms with van der Waals surface area (Å²) < 4.78 is 0. The van der Waals surface area contributed by atoms with Crippen LogP contribution in [0.4, 0.5) is 0 Å². The van der Waals surface area contributed by atoms with Gasteiger partial charge in [-0.3, -0.25) is 48.3 Å². The van der Waals surface area contributed by atoms with Gasteiger partial charge in [0.1, 0.15) is 5.78 Å². The van der Waals surface area contributed by atoms with Crippen LogP contribution in [0.2, 0.25) is 0 Å². The maximum absolute atomic E-state index is 12.2. The highest BCUT2D eigenvalue weighted by Gasteiger charge is 2.35. The van der Waals surface area contributed by atoms with E-state index >= 15 is 0 Å². The van der Waals surface area contributed by atoms with Crippen molar-refractivity contribution in [3.8, 4) is 0 Å². The van der Waals surface area contributed by atoms with Gasteiger partial charge in [-0.15, -0.1) is 0 Å². The first-order chi connectivity index (χ1) is 15.1. The number of carboxylic acid groups (broad SMARTS) is 1. The molecule has 1 atom stereocenters. The Hall–Kier alpha value is -3.06. The van der Waals surface area contributed by atoms with Crippen molar-refractivity contribution < 1.29 is 38.7 Å². The molecule has 1 fully saturated rings. The Kier molecular flexibility index (Phi) is 9.08. The first-order valence-corrected chi connectivity index (χ1v) is 10.4. The summed E-state index contributed by atoms with van der Waals surface area (Å²) in [5.41, 5.74) is 0. The smallest absolute Gasteiger partial charge is 0.317 e. The van der Waals surface area contributed by atoms with Crippen LogP contribution in [0.3, 0.4) is 0 Å². The van der Waals surface area contributed by atoms with E-state index in [0.717, 1.165) is 26.9 Å². The third-order valence-corrected chi connectivity index (χ3v) is 5.15. The molecule has 1 saturated heterocycles. The topological polar surface area (TPSA) is 161 Å². The number of hydrogen-bond acceptors (Lipinski definition) is 9. The normalized spacial score (nSPS) is 18.2. The highest BCUT2D eigenvalue weighted by molar-refractivity contribution is 7.81. The number of ketones is 1. The van der Waals surface area contributed by atoms with E-state index < -0.39 is 41.4 Å². The van der Waals surface area contributed by atoms with Gasteiger partial charge in [-0.25, -0.2) is 0 Å². The third-order valence-electron chi connectivity index (χ3n) is 4.74. The highest BCUT2D eigenvalue weighted by Crippen LogP contribution is 2.18. The fourth-order valence-corrected chi connectivity index (χ4v) is 3.54. The van der Waals surface area contributed by atoms with Crippen LogP contribution in [0.1, 0.15) is 19.3 Å². The Morgan fingerprint density at radius 1 is 1.03 bits per heavy atom. The number of amides is 5. The van der Waals surface area contributed by atoms with Crippen LogP contribution in [0.15, 0.2) is 12.2 Å². The molecule has 0 aliphatic carbocycles. The fraction of sp³-hybridized carbons (Fsp3) is 0.526. The molecule has 2 heterocycles. The number of thiol groups is 1. The minimum atomic E-state index is -1.22. The summed E-state index contributed by atoms with van der Waals surface area (Å²) in [6, 6.07) is 0. The van der Waals surface area contributed by atoms with Gasteiger partial charge in [-0.05, 0) is 6.42 Å². The molecule has 0 radical (unpaired) electrons. The number of carboxylic acids is 1. The lowest BCUT2D eigenvalue weighted by molar-refractivity contribution is -0.141. The fourth-order valence-electron chi connectivity index (χ4n) is 3.24. The molecule has 32 heavy (non-hydrogen) atoms. The van der Waals surface area contributed by atoms with Gasteiger partial charge in [0.2, 0.25) is 17.7 Å². The molecule has 2 aliphatic rings. The number of carbonyl (C=O) groups is 7. The van der Waals surface area contributed by atoms with E-state index in [1.807, 2.05) is 0 Å². The van der Waals surface area contributed by atoms with Gasteiger partial charge in [0.05, 0.1) is 24.9 Å². The monoisotopic (exact) mass is 468 g/mol. The number of imide groups is 2. The van der Waals surface area contributed by atoms with Crippen molar-refractivity contribution in [2.24, 2.45) is 0 Å². The number of rotatable bonds is 13. The number of nitrogens with zero attached hydrogens (tertiary/aromatic N) is 3. The van der Waals surface area contributed by atoms with Gasteiger partial charge < -0.3 is 10.4 Å². The van der Waals surface area contributed by atoms with Gasteiger partial charge in [-0.2, -0.15) is 12.6 Å². The molecule has 0 bridgehead atoms. The van der Waals surface area contributed by atoms with Crippen LogP contribution in [-0.2, 0) is 33.6 Å². The quantitative estimate of drug-likeness (QED) is 0.202. The standard InChI is InChI=1S/C19H24N4O8S/c24-12(2-1-6-23-17(28)8-13(32)19(23)31)9-21(11-18(29)30)10-14(25)20-5-7-22-15(26)3-4-16(22)27/h3-4,13,32H,1-2,5-11H2,(H,20,25)(H,29,30). The highest BCUT2D eigenvalue weighted by atomic mass is 32.1. The van der Waals surface area contributed by atoms with Gasteiger partial charge in [-0.1, -0.05) is 0 Å². The van der Waals surface area contributed by atoms with Gasteiger partial charge in [0, 0.05) is 44.6 Å². The Morgan fingerprint density at radius 2 is 1.69 bits per heavy atom. The Balaban J connectivity index is 1.74. The minimum absolute atomic E-state index is 0.00177. The van der Waals surface area contributed by atoms with Gasteiger partial charge in [0.25, 0.3) is 11.8 Å². The average molecular weight is 468 g/mol. The van der Waals surface area contributed by atoms with Crippen molar-refractivity contribution in [3.63, 3.8) is 0 Å². The summed E-state index contributed by atoms with van der Waals surface area (Å²) in [5, 5.41) is 10.8. The molecule has 0 aromatic carbocycles. The van der Waals surface area contributed by atoms with Gasteiger partial charge >= 0.3 is 5.97 Å². The lowest BCUT2D eigenvalue weighted by Crippen LogP contribution is -2.44. The summed E-state index contributed by atoms with van der Waals surface area (Å²) >= 11 is 4.02. The molecule has 0 aromatic rings. The molecule has 0 spiro atoms. The molecule has 174 valence electrons. The Morgan fingerprint density at radius 3 is 2.25 bits per heavy atom. The molecule has 2 N–H and O–H groups in total. The third kappa shape index (κ3) is 7.27. The van der Waals surface area contributed by atoms with Crippen molar-refractivity contribution in [2.45, 2.75) is 24.5 Å². The molecule has 0 aromatic heterocycles. The second kappa shape index (κ2) is 11.5. The number of carbonyl (C=O) groups excluding carboxylic acids is 6. The second-order valence-electron chi connectivity index (χ2n) is 7.30. The van der Waals surface area contributed by atoms with Crippen LogP contribution in [0.25, 0.3) is 0 Å². The summed E-state index contributed by atoms with van der Waals surface area (Å²) in [6.45, 7) is -1.20. The number of nitrogens with one attached hydrogen (secondary N) is 1. The Bertz CT molecular complexity index is 840. The summed E-state index contributed by atoms with van der Waals surface area (Å²) in [5.74, 6) is -3.85. The van der Waals surface area contributed by atoms with E-state index in [-0.39, 0.29) is 63.7 Å². The maximum Gasteiger partial charge on any atom is 0.317 e. The van der Waals surface area contributed by atoms with E-state index in [1.165, 1.54) is 0 Å². The van der Waals surface area contributed by atoms with Crippen LogP contribution in [0.5, 0.6) is 0 Å². The summed E-state index contributed by atoms with van der Waals surface area (Å²) in [7, 11) is 0. The lowest BCUT2D eigenvalue weighted by atomic mass is 10.2.